The predicted octanol–water partition coefficient (Wildman–Crippen LogP) is 2.58. The minimum Gasteiger partial charge on any atom is -0.390 e. The number of piperidine rings is 1. The highest BCUT2D eigenvalue weighted by Gasteiger charge is 2.65. The smallest absolute Gasteiger partial charge is 0.228 e. The van der Waals surface area contributed by atoms with E-state index in [1.807, 2.05) is 0 Å². The van der Waals surface area contributed by atoms with Gasteiger partial charge in [-0.2, -0.15) is 0 Å². The molecule has 0 aromatic heterocycles. The molecule has 6 fully saturated rings. The molecule has 4 unspecified atom stereocenters. The Kier molecular flexibility index (Phi) is 5.03. The summed E-state index contributed by atoms with van der Waals surface area (Å²) in [4.78, 5) is 21.0. The standard InChI is InChI=1S/C24H41N3O2/c1-3-22-12-20-13-23(16-22,18-24(29,14-20)17-22)21(28)27-6-4-19(5-7-27)15-26-10-8-25(2)9-11-26/h19-20,29H,3-18H2,1-2H3. The van der Waals surface area contributed by atoms with Gasteiger partial charge in [-0.25, -0.2) is 0 Å². The summed E-state index contributed by atoms with van der Waals surface area (Å²) in [5.74, 6) is 1.70. The zero-order valence-corrected chi connectivity index (χ0v) is 18.7. The van der Waals surface area contributed by atoms with Gasteiger partial charge in [-0.3, -0.25) is 4.79 Å². The number of rotatable bonds is 4. The van der Waals surface area contributed by atoms with Crippen LogP contribution in [0.1, 0.15) is 64.7 Å². The molecule has 6 aliphatic rings. The van der Waals surface area contributed by atoms with E-state index in [9.17, 15) is 9.90 Å². The number of aliphatic hydroxyl groups is 1. The maximum atomic E-state index is 13.8. The highest BCUT2D eigenvalue weighted by Crippen LogP contribution is 2.68. The van der Waals surface area contributed by atoms with Crippen LogP contribution in [0.25, 0.3) is 0 Å². The largest absolute Gasteiger partial charge is 0.390 e. The second kappa shape index (κ2) is 7.20. The molecule has 0 aromatic rings. The fourth-order valence-electron chi connectivity index (χ4n) is 8.27. The van der Waals surface area contributed by atoms with Crippen LogP contribution >= 0.6 is 0 Å². The second-order valence-electron chi connectivity index (χ2n) is 11.7. The van der Waals surface area contributed by atoms with Crippen molar-refractivity contribution in [3.63, 3.8) is 0 Å². The van der Waals surface area contributed by atoms with Gasteiger partial charge in [0, 0.05) is 45.8 Å². The lowest BCUT2D eigenvalue weighted by Crippen LogP contribution is -2.64. The van der Waals surface area contributed by atoms with Gasteiger partial charge < -0.3 is 19.8 Å². The van der Waals surface area contributed by atoms with Crippen molar-refractivity contribution >= 4 is 5.91 Å². The summed E-state index contributed by atoms with van der Waals surface area (Å²) in [6.45, 7) is 10.1. The molecule has 164 valence electrons. The number of likely N-dealkylation sites (tertiary alicyclic amines) is 1. The highest BCUT2D eigenvalue weighted by molar-refractivity contribution is 5.83. The van der Waals surface area contributed by atoms with Crippen molar-refractivity contribution in [3.8, 4) is 0 Å². The van der Waals surface area contributed by atoms with Crippen LogP contribution in [-0.4, -0.2) is 84.2 Å². The van der Waals surface area contributed by atoms with E-state index < -0.39 is 5.60 Å². The number of hydrogen-bond donors (Lipinski definition) is 1. The molecule has 4 bridgehead atoms. The quantitative estimate of drug-likeness (QED) is 0.784. The maximum Gasteiger partial charge on any atom is 0.228 e. The van der Waals surface area contributed by atoms with Gasteiger partial charge in [-0.05, 0) is 75.7 Å². The molecule has 29 heavy (non-hydrogen) atoms. The van der Waals surface area contributed by atoms with Gasteiger partial charge in [-0.1, -0.05) is 13.3 Å². The first kappa shape index (κ1) is 20.3. The van der Waals surface area contributed by atoms with Gasteiger partial charge in [0.15, 0.2) is 0 Å². The fraction of sp³-hybridized carbons (Fsp3) is 0.958. The first-order valence-electron chi connectivity index (χ1n) is 12.3. The van der Waals surface area contributed by atoms with Crippen LogP contribution in [0.2, 0.25) is 0 Å². The zero-order chi connectivity index (χ0) is 20.3. The summed E-state index contributed by atoms with van der Waals surface area (Å²) in [6, 6.07) is 0. The molecule has 0 radical (unpaired) electrons. The van der Waals surface area contributed by atoms with Crippen LogP contribution in [0, 0.1) is 22.7 Å². The zero-order valence-electron chi connectivity index (χ0n) is 18.7. The number of hydrogen-bond acceptors (Lipinski definition) is 4. The first-order valence-corrected chi connectivity index (χ1v) is 12.3. The van der Waals surface area contributed by atoms with Gasteiger partial charge in [0.05, 0.1) is 11.0 Å². The van der Waals surface area contributed by atoms with Gasteiger partial charge in [0.1, 0.15) is 0 Å². The Labute approximate surface area is 176 Å². The lowest BCUT2D eigenvalue weighted by molar-refractivity contribution is -0.210. The Morgan fingerprint density at radius 1 is 0.966 bits per heavy atom. The SMILES string of the molecule is CCC12CC3CC(O)(C1)CC(C(=O)N1CCC(CN4CCN(C)CC4)CC1)(C3)C2. The molecule has 4 aliphatic carbocycles. The van der Waals surface area contributed by atoms with E-state index in [2.05, 4.69) is 28.7 Å². The fourth-order valence-corrected chi connectivity index (χ4v) is 8.27. The summed E-state index contributed by atoms with van der Waals surface area (Å²) >= 11 is 0. The third-order valence-corrected chi connectivity index (χ3v) is 9.37. The van der Waals surface area contributed by atoms with Gasteiger partial charge >= 0.3 is 0 Å². The molecule has 6 rings (SSSR count). The highest BCUT2D eigenvalue weighted by atomic mass is 16.3. The Balaban J connectivity index is 1.21. The van der Waals surface area contributed by atoms with Gasteiger partial charge in [0.25, 0.3) is 0 Å². The van der Waals surface area contributed by atoms with E-state index in [1.54, 1.807) is 0 Å². The number of nitrogens with zero attached hydrogens (tertiary/aromatic N) is 3. The summed E-state index contributed by atoms with van der Waals surface area (Å²) in [7, 11) is 2.21. The van der Waals surface area contributed by atoms with Crippen molar-refractivity contribution in [2.24, 2.45) is 22.7 Å². The van der Waals surface area contributed by atoms with E-state index in [4.69, 9.17) is 0 Å². The van der Waals surface area contributed by atoms with Crippen molar-refractivity contribution in [2.75, 3.05) is 52.9 Å². The molecule has 1 amide bonds. The van der Waals surface area contributed by atoms with Crippen molar-refractivity contribution in [3.05, 3.63) is 0 Å². The van der Waals surface area contributed by atoms with Crippen LogP contribution in [-0.2, 0) is 4.79 Å². The molecular weight excluding hydrogens is 362 g/mol. The van der Waals surface area contributed by atoms with Crippen molar-refractivity contribution in [1.29, 1.82) is 0 Å². The van der Waals surface area contributed by atoms with Crippen LogP contribution in [0.4, 0.5) is 0 Å². The number of carbonyl (C=O) groups is 1. The minimum atomic E-state index is -0.565. The molecule has 2 aliphatic heterocycles. The first-order chi connectivity index (χ1) is 13.8. The average molecular weight is 404 g/mol. The molecule has 0 spiro atoms. The van der Waals surface area contributed by atoms with Crippen LogP contribution in [0.3, 0.4) is 0 Å². The maximum absolute atomic E-state index is 13.8. The average Bonchev–Trinajstić information content (AvgIpc) is 2.68. The summed E-state index contributed by atoms with van der Waals surface area (Å²) in [6.07, 6.45) is 9.36. The van der Waals surface area contributed by atoms with E-state index >= 15 is 0 Å². The molecule has 2 heterocycles. The Bertz CT molecular complexity index is 640. The topological polar surface area (TPSA) is 47.0 Å². The molecular formula is C24H41N3O2. The van der Waals surface area contributed by atoms with Crippen LogP contribution in [0.5, 0.6) is 0 Å². The lowest BCUT2D eigenvalue weighted by atomic mass is 9.42. The lowest BCUT2D eigenvalue weighted by Gasteiger charge is -2.65. The molecule has 1 N–H and O–H groups in total. The monoisotopic (exact) mass is 403 g/mol. The minimum absolute atomic E-state index is 0.226. The van der Waals surface area contributed by atoms with Gasteiger partial charge in [-0.15, -0.1) is 0 Å². The van der Waals surface area contributed by atoms with Crippen molar-refractivity contribution in [1.82, 2.24) is 14.7 Å². The molecule has 5 nitrogen and oxygen atoms in total. The molecule has 0 aromatic carbocycles. The summed E-state index contributed by atoms with van der Waals surface area (Å²) in [5.41, 5.74) is -0.594. The number of amides is 1. The summed E-state index contributed by atoms with van der Waals surface area (Å²) < 4.78 is 0. The van der Waals surface area contributed by atoms with Crippen LogP contribution < -0.4 is 0 Å². The third-order valence-electron chi connectivity index (χ3n) is 9.37. The van der Waals surface area contributed by atoms with E-state index in [0.29, 0.717) is 11.8 Å². The Morgan fingerprint density at radius 2 is 1.69 bits per heavy atom. The van der Waals surface area contributed by atoms with Crippen molar-refractivity contribution in [2.45, 2.75) is 70.3 Å². The molecule has 4 saturated carbocycles. The van der Waals surface area contributed by atoms with Crippen molar-refractivity contribution < 1.29 is 9.90 Å². The van der Waals surface area contributed by atoms with E-state index in [0.717, 1.165) is 70.4 Å². The number of piperazine rings is 1. The Hall–Kier alpha value is -0.650. The van der Waals surface area contributed by atoms with Gasteiger partial charge in [0.2, 0.25) is 5.91 Å². The molecule has 2 saturated heterocycles. The van der Waals surface area contributed by atoms with E-state index in [-0.39, 0.29) is 10.8 Å². The predicted molar refractivity (Wildman–Crippen MR) is 115 cm³/mol. The van der Waals surface area contributed by atoms with Crippen LogP contribution in [0.15, 0.2) is 0 Å². The molecule has 5 heteroatoms. The number of likely N-dealkylation sites (N-methyl/N-ethyl adjacent to an activating group) is 1. The van der Waals surface area contributed by atoms with E-state index in [1.165, 1.54) is 39.1 Å². The number of carbonyl (C=O) groups excluding carboxylic acids is 1. The third kappa shape index (κ3) is 3.65. The summed E-state index contributed by atoms with van der Waals surface area (Å²) in [5, 5.41) is 11.3. The Morgan fingerprint density at radius 3 is 2.34 bits per heavy atom. The second-order valence-corrected chi connectivity index (χ2v) is 11.7. The normalized spacial score (nSPS) is 43.8. The molecule has 4 atom stereocenters.